The van der Waals surface area contributed by atoms with Gasteiger partial charge in [0.1, 0.15) is 5.82 Å². The van der Waals surface area contributed by atoms with Gasteiger partial charge in [0.25, 0.3) is 5.91 Å². The summed E-state index contributed by atoms with van der Waals surface area (Å²) in [5.74, 6) is -0.326. The van der Waals surface area contributed by atoms with Crippen molar-refractivity contribution in [3.8, 4) is 5.69 Å². The van der Waals surface area contributed by atoms with Gasteiger partial charge in [-0.3, -0.25) is 9.69 Å². The molecule has 1 saturated heterocycles. The SMILES string of the molecule is Cc1cccc(N2CCN(CCNC(=O)c3cnn(-c4ccc(F)cc4)c3C(C)C)CC2)c1. The lowest BCUT2D eigenvalue weighted by Gasteiger charge is -2.36. The molecule has 2 aromatic carbocycles. The molecule has 0 atom stereocenters. The quantitative estimate of drug-likeness (QED) is 0.593. The van der Waals surface area contributed by atoms with Gasteiger partial charge in [-0.05, 0) is 54.8 Å². The van der Waals surface area contributed by atoms with E-state index >= 15 is 0 Å². The van der Waals surface area contributed by atoms with Crippen LogP contribution < -0.4 is 10.2 Å². The van der Waals surface area contributed by atoms with E-state index < -0.39 is 0 Å². The predicted octanol–water partition coefficient (Wildman–Crippen LogP) is 4.00. The largest absolute Gasteiger partial charge is 0.369 e. The third-order valence-corrected chi connectivity index (χ3v) is 6.12. The number of hydrogen-bond acceptors (Lipinski definition) is 4. The minimum absolute atomic E-state index is 0.0907. The van der Waals surface area contributed by atoms with E-state index in [0.29, 0.717) is 12.1 Å². The van der Waals surface area contributed by atoms with Gasteiger partial charge in [-0.1, -0.05) is 26.0 Å². The van der Waals surface area contributed by atoms with Gasteiger partial charge in [0.2, 0.25) is 0 Å². The van der Waals surface area contributed by atoms with Crippen LogP contribution in [0.25, 0.3) is 5.69 Å². The fourth-order valence-corrected chi connectivity index (χ4v) is 4.35. The van der Waals surface area contributed by atoms with E-state index in [4.69, 9.17) is 0 Å². The molecule has 1 amide bonds. The van der Waals surface area contributed by atoms with E-state index in [2.05, 4.69) is 51.4 Å². The van der Waals surface area contributed by atoms with Crippen molar-refractivity contribution in [1.82, 2.24) is 20.0 Å². The summed E-state index contributed by atoms with van der Waals surface area (Å²) in [5.41, 5.74) is 4.69. The molecule has 0 radical (unpaired) electrons. The molecule has 1 fully saturated rings. The zero-order chi connectivity index (χ0) is 23.4. The van der Waals surface area contributed by atoms with Gasteiger partial charge < -0.3 is 10.2 Å². The van der Waals surface area contributed by atoms with Gasteiger partial charge >= 0.3 is 0 Å². The van der Waals surface area contributed by atoms with Crippen molar-refractivity contribution in [2.75, 3.05) is 44.2 Å². The molecule has 1 aliphatic rings. The molecule has 1 aromatic heterocycles. The predicted molar refractivity (Wildman–Crippen MR) is 130 cm³/mol. The van der Waals surface area contributed by atoms with Crippen LogP contribution in [0.2, 0.25) is 0 Å². The molecule has 2 heterocycles. The summed E-state index contributed by atoms with van der Waals surface area (Å²) < 4.78 is 15.0. The molecule has 0 bridgehead atoms. The second-order valence-electron chi connectivity index (χ2n) is 8.91. The van der Waals surface area contributed by atoms with Crippen LogP contribution >= 0.6 is 0 Å². The van der Waals surface area contributed by atoms with Crippen molar-refractivity contribution in [3.63, 3.8) is 0 Å². The van der Waals surface area contributed by atoms with Gasteiger partial charge in [-0.25, -0.2) is 9.07 Å². The zero-order valence-electron chi connectivity index (χ0n) is 19.6. The Bertz CT molecular complexity index is 1080. The molecular formula is C26H32FN5O. The molecule has 7 heteroatoms. The first-order valence-corrected chi connectivity index (χ1v) is 11.6. The highest BCUT2D eigenvalue weighted by Crippen LogP contribution is 2.23. The normalized spacial score (nSPS) is 14.6. The van der Waals surface area contributed by atoms with Crippen LogP contribution in [0.3, 0.4) is 0 Å². The van der Waals surface area contributed by atoms with E-state index in [0.717, 1.165) is 44.1 Å². The molecule has 174 valence electrons. The van der Waals surface area contributed by atoms with Gasteiger partial charge in [0, 0.05) is 45.0 Å². The number of nitrogens with zero attached hydrogens (tertiary/aromatic N) is 4. The number of piperazine rings is 1. The maximum Gasteiger partial charge on any atom is 0.254 e. The Morgan fingerprint density at radius 1 is 1.06 bits per heavy atom. The third-order valence-electron chi connectivity index (χ3n) is 6.12. The smallest absolute Gasteiger partial charge is 0.254 e. The number of halogens is 1. The lowest BCUT2D eigenvalue weighted by molar-refractivity contribution is 0.0946. The molecular weight excluding hydrogens is 417 g/mol. The van der Waals surface area contributed by atoms with Crippen molar-refractivity contribution >= 4 is 11.6 Å². The lowest BCUT2D eigenvalue weighted by Crippen LogP contribution is -2.48. The maximum absolute atomic E-state index is 13.3. The first-order chi connectivity index (χ1) is 15.9. The number of nitrogens with one attached hydrogen (secondary N) is 1. The Kier molecular flexibility index (Phi) is 7.08. The summed E-state index contributed by atoms with van der Waals surface area (Å²) in [6, 6.07) is 14.8. The van der Waals surface area contributed by atoms with Crippen molar-refractivity contribution in [3.05, 3.63) is 77.4 Å². The average molecular weight is 450 g/mol. The molecule has 0 spiro atoms. The minimum Gasteiger partial charge on any atom is -0.369 e. The first-order valence-electron chi connectivity index (χ1n) is 11.6. The average Bonchev–Trinajstić information content (AvgIpc) is 3.26. The fraction of sp³-hybridized carbons (Fsp3) is 0.385. The zero-order valence-corrected chi connectivity index (χ0v) is 19.6. The monoisotopic (exact) mass is 449 g/mol. The highest BCUT2D eigenvalue weighted by Gasteiger charge is 2.22. The highest BCUT2D eigenvalue weighted by atomic mass is 19.1. The van der Waals surface area contributed by atoms with E-state index in [9.17, 15) is 9.18 Å². The number of rotatable bonds is 7. The van der Waals surface area contributed by atoms with Crippen molar-refractivity contribution in [2.45, 2.75) is 26.7 Å². The standard InChI is InChI=1S/C26H32FN5O/c1-19(2)25-24(18-29-32(25)22-9-7-21(27)8-10-22)26(33)28-11-12-30-13-15-31(16-14-30)23-6-4-5-20(3)17-23/h4-10,17-19H,11-16H2,1-3H3,(H,28,33). The second kappa shape index (κ2) is 10.2. The third kappa shape index (κ3) is 5.42. The Balaban J connectivity index is 1.32. The van der Waals surface area contributed by atoms with Crippen LogP contribution in [0.1, 0.15) is 41.4 Å². The van der Waals surface area contributed by atoms with Crippen LogP contribution in [0.4, 0.5) is 10.1 Å². The summed E-state index contributed by atoms with van der Waals surface area (Å²) in [6.07, 6.45) is 1.61. The number of hydrogen-bond donors (Lipinski definition) is 1. The van der Waals surface area contributed by atoms with Crippen molar-refractivity contribution < 1.29 is 9.18 Å². The van der Waals surface area contributed by atoms with E-state index in [-0.39, 0.29) is 17.6 Å². The molecule has 0 unspecified atom stereocenters. The number of amides is 1. The molecule has 33 heavy (non-hydrogen) atoms. The summed E-state index contributed by atoms with van der Waals surface area (Å²) in [7, 11) is 0. The number of carbonyl (C=O) groups excluding carboxylic acids is 1. The van der Waals surface area contributed by atoms with Crippen LogP contribution in [0.5, 0.6) is 0 Å². The summed E-state index contributed by atoms with van der Waals surface area (Å²) in [4.78, 5) is 17.7. The number of aryl methyl sites for hydroxylation is 1. The minimum atomic E-state index is -0.297. The van der Waals surface area contributed by atoms with Crippen LogP contribution in [0, 0.1) is 12.7 Å². The molecule has 1 aliphatic heterocycles. The first kappa shape index (κ1) is 23.0. The van der Waals surface area contributed by atoms with E-state index in [1.165, 1.54) is 23.4 Å². The summed E-state index contributed by atoms with van der Waals surface area (Å²) in [5, 5.41) is 7.48. The number of anilines is 1. The van der Waals surface area contributed by atoms with Crippen LogP contribution in [-0.2, 0) is 0 Å². The van der Waals surface area contributed by atoms with Crippen LogP contribution in [-0.4, -0.2) is 59.9 Å². The maximum atomic E-state index is 13.3. The highest BCUT2D eigenvalue weighted by molar-refractivity contribution is 5.95. The Morgan fingerprint density at radius 3 is 2.45 bits per heavy atom. The number of benzene rings is 2. The molecule has 6 nitrogen and oxygen atoms in total. The second-order valence-corrected chi connectivity index (χ2v) is 8.91. The van der Waals surface area contributed by atoms with Crippen molar-refractivity contribution in [2.24, 2.45) is 0 Å². The van der Waals surface area contributed by atoms with Gasteiger partial charge in [0.05, 0.1) is 23.1 Å². The Morgan fingerprint density at radius 2 is 1.79 bits per heavy atom. The molecule has 1 N–H and O–H groups in total. The summed E-state index contributed by atoms with van der Waals surface area (Å²) in [6.45, 7) is 11.5. The Hall–Kier alpha value is -3.19. The van der Waals surface area contributed by atoms with Gasteiger partial charge in [0.15, 0.2) is 0 Å². The van der Waals surface area contributed by atoms with Crippen molar-refractivity contribution in [1.29, 1.82) is 0 Å². The summed E-state index contributed by atoms with van der Waals surface area (Å²) >= 11 is 0. The molecule has 0 saturated carbocycles. The van der Waals surface area contributed by atoms with E-state index in [1.54, 1.807) is 23.0 Å². The molecule has 4 rings (SSSR count). The topological polar surface area (TPSA) is 53.4 Å². The fourth-order valence-electron chi connectivity index (χ4n) is 4.35. The molecule has 3 aromatic rings. The Labute approximate surface area is 195 Å². The lowest BCUT2D eigenvalue weighted by atomic mass is 10.0. The number of aromatic nitrogens is 2. The number of carbonyl (C=O) groups is 1. The molecule has 0 aliphatic carbocycles. The van der Waals surface area contributed by atoms with E-state index in [1.807, 2.05) is 13.8 Å². The van der Waals surface area contributed by atoms with Gasteiger partial charge in [-0.15, -0.1) is 0 Å². The van der Waals surface area contributed by atoms with Crippen LogP contribution in [0.15, 0.2) is 54.7 Å². The van der Waals surface area contributed by atoms with Gasteiger partial charge in [-0.2, -0.15) is 5.10 Å².